The van der Waals surface area contributed by atoms with Crippen LogP contribution in [0.3, 0.4) is 0 Å². The molecule has 3 rings (SSSR count). The molecule has 0 aromatic heterocycles. The number of carbonyl (C=O) groups is 2. The molecule has 0 aliphatic heterocycles. The first kappa shape index (κ1) is 16.2. The van der Waals surface area contributed by atoms with Crippen molar-refractivity contribution in [3.8, 4) is 0 Å². The van der Waals surface area contributed by atoms with E-state index in [9.17, 15) is 14.7 Å². The van der Waals surface area contributed by atoms with Crippen LogP contribution < -0.4 is 5.32 Å². The molecule has 2 aliphatic rings. The number of fused-ring (bicyclic) bond motifs is 2. The Morgan fingerprint density at radius 3 is 2.39 bits per heavy atom. The fourth-order valence-electron chi connectivity index (χ4n) is 4.40. The average molecular weight is 378 g/mol. The maximum Gasteiger partial charge on any atom is 0.307 e. The van der Waals surface area contributed by atoms with Crippen LogP contribution in [0.2, 0.25) is 0 Å². The Balaban J connectivity index is 1.90. The zero-order valence-corrected chi connectivity index (χ0v) is 14.8. The number of aliphatic carboxylic acids is 1. The summed E-state index contributed by atoms with van der Waals surface area (Å²) in [6, 6.07) is 7.36. The van der Waals surface area contributed by atoms with Crippen LogP contribution in [-0.2, 0) is 9.59 Å². The Morgan fingerprint density at radius 2 is 1.83 bits per heavy atom. The van der Waals surface area contributed by atoms with Gasteiger partial charge in [-0.3, -0.25) is 9.59 Å². The van der Waals surface area contributed by atoms with E-state index >= 15 is 0 Å². The average Bonchev–Trinajstić information content (AvgIpc) is 3.02. The zero-order chi connectivity index (χ0) is 16.7. The number of nitrogens with one attached hydrogen (secondary N) is 1. The van der Waals surface area contributed by atoms with E-state index in [1.807, 2.05) is 38.1 Å². The number of benzene rings is 1. The smallest absolute Gasteiger partial charge is 0.307 e. The molecule has 2 bridgehead atoms. The fraction of sp³-hybridized carbons (Fsp3) is 0.444. The molecule has 2 saturated carbocycles. The van der Waals surface area contributed by atoms with Crippen LogP contribution >= 0.6 is 15.9 Å². The van der Waals surface area contributed by atoms with Gasteiger partial charge in [0, 0.05) is 10.2 Å². The van der Waals surface area contributed by atoms with Gasteiger partial charge in [0.2, 0.25) is 5.91 Å². The Hall–Kier alpha value is -1.62. The molecular formula is C18H20BrNO3. The van der Waals surface area contributed by atoms with Gasteiger partial charge in [-0.15, -0.1) is 0 Å². The van der Waals surface area contributed by atoms with Crippen molar-refractivity contribution in [1.29, 1.82) is 0 Å². The summed E-state index contributed by atoms with van der Waals surface area (Å²) in [5.41, 5.74) is 3.06. The molecular weight excluding hydrogens is 358 g/mol. The summed E-state index contributed by atoms with van der Waals surface area (Å²) in [4.78, 5) is 24.6. The van der Waals surface area contributed by atoms with Crippen LogP contribution in [0.25, 0.3) is 0 Å². The lowest BCUT2D eigenvalue weighted by Gasteiger charge is -2.26. The van der Waals surface area contributed by atoms with Crippen LogP contribution in [0.1, 0.15) is 26.7 Å². The number of anilines is 1. The van der Waals surface area contributed by atoms with E-state index in [0.29, 0.717) is 5.69 Å². The van der Waals surface area contributed by atoms with Gasteiger partial charge in [-0.25, -0.2) is 0 Å². The minimum atomic E-state index is -0.856. The van der Waals surface area contributed by atoms with E-state index in [1.165, 1.54) is 11.1 Å². The highest BCUT2D eigenvalue weighted by atomic mass is 79.9. The van der Waals surface area contributed by atoms with E-state index < -0.39 is 17.8 Å². The number of halogens is 1. The molecule has 4 nitrogen and oxygen atoms in total. The maximum absolute atomic E-state index is 12.8. The summed E-state index contributed by atoms with van der Waals surface area (Å²) in [6.45, 7) is 4.04. The SMILES string of the molecule is CC(C)=C1[C@@H]2CC[C@@H]1[C@@H](C(=O)Nc1cccc(Br)c1)[C@H]2C(=O)O. The number of hydrogen-bond donors (Lipinski definition) is 2. The third-order valence-corrected chi connectivity index (χ3v) is 5.59. The number of hydrogen-bond acceptors (Lipinski definition) is 2. The largest absolute Gasteiger partial charge is 0.481 e. The molecule has 2 aliphatic carbocycles. The van der Waals surface area contributed by atoms with Crippen LogP contribution in [0.5, 0.6) is 0 Å². The summed E-state index contributed by atoms with van der Waals surface area (Å²) < 4.78 is 0.878. The first-order valence-electron chi connectivity index (χ1n) is 7.86. The second-order valence-corrected chi connectivity index (χ2v) is 7.55. The highest BCUT2D eigenvalue weighted by Gasteiger charge is 2.57. The summed E-state index contributed by atoms with van der Waals surface area (Å²) in [6.07, 6.45) is 1.79. The molecule has 23 heavy (non-hydrogen) atoms. The molecule has 0 spiro atoms. The molecule has 2 N–H and O–H groups in total. The number of carboxylic acid groups (broad SMARTS) is 1. The Kier molecular flexibility index (Phi) is 4.32. The first-order valence-corrected chi connectivity index (χ1v) is 8.66. The van der Waals surface area contributed by atoms with Gasteiger partial charge in [-0.05, 0) is 56.7 Å². The number of rotatable bonds is 3. The van der Waals surface area contributed by atoms with Gasteiger partial charge in [0.15, 0.2) is 0 Å². The van der Waals surface area contributed by atoms with E-state index in [1.54, 1.807) is 0 Å². The molecule has 5 heteroatoms. The van der Waals surface area contributed by atoms with Crippen molar-refractivity contribution < 1.29 is 14.7 Å². The topological polar surface area (TPSA) is 66.4 Å². The molecule has 1 aromatic carbocycles. The third kappa shape index (κ3) is 2.82. The van der Waals surface area contributed by atoms with E-state index in [4.69, 9.17) is 0 Å². The highest BCUT2D eigenvalue weighted by Crippen LogP contribution is 2.57. The highest BCUT2D eigenvalue weighted by molar-refractivity contribution is 9.10. The van der Waals surface area contributed by atoms with Gasteiger partial charge in [0.05, 0.1) is 11.8 Å². The lowest BCUT2D eigenvalue weighted by atomic mass is 9.78. The predicted molar refractivity (Wildman–Crippen MR) is 92.0 cm³/mol. The molecule has 4 atom stereocenters. The first-order chi connectivity index (χ1) is 10.9. The van der Waals surface area contributed by atoms with Crippen molar-refractivity contribution in [2.75, 3.05) is 5.32 Å². The summed E-state index contributed by atoms with van der Waals surface area (Å²) in [7, 11) is 0. The second kappa shape index (κ2) is 6.11. The van der Waals surface area contributed by atoms with Crippen molar-refractivity contribution in [2.45, 2.75) is 26.7 Å². The van der Waals surface area contributed by atoms with Crippen LogP contribution in [0.15, 0.2) is 39.9 Å². The lowest BCUT2D eigenvalue weighted by Crippen LogP contribution is -2.37. The summed E-state index contributed by atoms with van der Waals surface area (Å²) >= 11 is 3.38. The standard InChI is InChI=1S/C18H20BrNO3/c1-9(2)14-12-6-7-13(14)16(18(22)23)15(12)17(21)20-11-5-3-4-10(19)8-11/h3-5,8,12-13,15-16H,6-7H2,1-2H3,(H,20,21)(H,22,23)/t12-,13-,15+,16-/m0/s1. The summed E-state index contributed by atoms with van der Waals surface area (Å²) in [5, 5.41) is 12.6. The van der Waals surface area contributed by atoms with Gasteiger partial charge < -0.3 is 10.4 Å². The van der Waals surface area contributed by atoms with Crippen molar-refractivity contribution in [3.63, 3.8) is 0 Å². The number of carboxylic acids is 1. The van der Waals surface area contributed by atoms with E-state index in [0.717, 1.165) is 17.3 Å². The lowest BCUT2D eigenvalue weighted by molar-refractivity contribution is -0.148. The molecule has 0 saturated heterocycles. The van der Waals surface area contributed by atoms with Gasteiger partial charge >= 0.3 is 5.97 Å². The van der Waals surface area contributed by atoms with Gasteiger partial charge in [0.1, 0.15) is 0 Å². The minimum Gasteiger partial charge on any atom is -0.481 e. The Bertz CT molecular complexity index is 693. The normalized spacial score (nSPS) is 28.7. The molecule has 2 fully saturated rings. The molecule has 0 radical (unpaired) electrons. The fourth-order valence-corrected chi connectivity index (χ4v) is 4.80. The molecule has 1 aromatic rings. The minimum absolute atomic E-state index is 0.0146. The van der Waals surface area contributed by atoms with Gasteiger partial charge in [-0.1, -0.05) is 33.1 Å². The number of carbonyl (C=O) groups excluding carboxylic acids is 1. The van der Waals surface area contributed by atoms with Crippen LogP contribution in [-0.4, -0.2) is 17.0 Å². The molecule has 0 unspecified atom stereocenters. The Labute approximate surface area is 144 Å². The number of allylic oxidation sites excluding steroid dienone is 2. The monoisotopic (exact) mass is 377 g/mol. The van der Waals surface area contributed by atoms with Crippen LogP contribution in [0.4, 0.5) is 5.69 Å². The summed E-state index contributed by atoms with van der Waals surface area (Å²) in [5.74, 6) is -2.04. The van der Waals surface area contributed by atoms with E-state index in [2.05, 4.69) is 21.2 Å². The van der Waals surface area contributed by atoms with Gasteiger partial charge in [-0.2, -0.15) is 0 Å². The molecule has 0 heterocycles. The van der Waals surface area contributed by atoms with Crippen molar-refractivity contribution >= 4 is 33.5 Å². The zero-order valence-electron chi connectivity index (χ0n) is 13.2. The Morgan fingerprint density at radius 1 is 1.17 bits per heavy atom. The predicted octanol–water partition coefficient (Wildman–Crippen LogP) is 4.08. The molecule has 122 valence electrons. The van der Waals surface area contributed by atoms with E-state index in [-0.39, 0.29) is 17.7 Å². The third-order valence-electron chi connectivity index (χ3n) is 5.10. The van der Waals surface area contributed by atoms with Gasteiger partial charge in [0.25, 0.3) is 0 Å². The second-order valence-electron chi connectivity index (χ2n) is 6.64. The number of amides is 1. The van der Waals surface area contributed by atoms with Crippen LogP contribution in [0, 0.1) is 23.7 Å². The van der Waals surface area contributed by atoms with Crippen molar-refractivity contribution in [3.05, 3.63) is 39.9 Å². The van der Waals surface area contributed by atoms with Crippen molar-refractivity contribution in [2.24, 2.45) is 23.7 Å². The maximum atomic E-state index is 12.8. The quantitative estimate of drug-likeness (QED) is 0.779. The van der Waals surface area contributed by atoms with Crippen molar-refractivity contribution in [1.82, 2.24) is 0 Å². The molecule has 1 amide bonds.